The fourth-order valence-corrected chi connectivity index (χ4v) is 20.1. The van der Waals surface area contributed by atoms with Gasteiger partial charge in [-0.2, -0.15) is 0 Å². The number of hydrogen-bond donors (Lipinski definition) is 9. The van der Waals surface area contributed by atoms with Crippen LogP contribution in [0.2, 0.25) is 0 Å². The van der Waals surface area contributed by atoms with Crippen LogP contribution in [0.3, 0.4) is 0 Å². The van der Waals surface area contributed by atoms with E-state index in [2.05, 4.69) is 82.3 Å². The SMILES string of the molecule is CCCCCCCCCCC(C)CN(CCCCC(C(=O)O)N(C(=O)C(CCCCN(CC(O)CCCCCCCCCC)CC(O)CCCCCCCCCC)NC(=O)CCCCCN(CC(O)CCCCCCCCCC)CC(O)CCCCCCCCCC)N(CC(O)CCCCCCCCCC)CC(O)CCCCCCCCCC)CC(O)CCCCCCCCCC. The van der Waals surface area contributed by atoms with E-state index in [4.69, 9.17) is 0 Å². The lowest BCUT2D eigenvalue weighted by atomic mass is 10.00. The van der Waals surface area contributed by atoms with E-state index in [-0.39, 0.29) is 38.3 Å². The van der Waals surface area contributed by atoms with Crippen LogP contribution in [0.1, 0.15) is 589 Å². The fourth-order valence-electron chi connectivity index (χ4n) is 20.1. The van der Waals surface area contributed by atoms with Gasteiger partial charge in [0.15, 0.2) is 0 Å². The van der Waals surface area contributed by atoms with Crippen LogP contribution in [-0.4, -0.2) is 210 Å². The molecule has 0 aromatic carbocycles. The van der Waals surface area contributed by atoms with E-state index in [1.165, 1.54) is 288 Å². The summed E-state index contributed by atoms with van der Waals surface area (Å²) in [6.07, 6.45) is 80.9. The Labute approximate surface area is 820 Å². The molecule has 788 valence electrons. The Bertz CT molecular complexity index is 2260. The molecule has 17 nitrogen and oxygen atoms in total. The Balaban J connectivity index is 8.15. The highest BCUT2D eigenvalue weighted by Gasteiger charge is 2.40. The fraction of sp³-hybridized carbons (Fsp3) is 0.974. The number of aliphatic hydroxyl groups excluding tert-OH is 7. The molecular weight excluding hydrogens is 1640 g/mol. The lowest BCUT2D eigenvalue weighted by molar-refractivity contribution is -0.177. The molecule has 0 bridgehead atoms. The minimum absolute atomic E-state index is 0.0660. The monoisotopic (exact) mass is 1870 g/mol. The maximum absolute atomic E-state index is 16.7. The number of hydrogen-bond acceptors (Lipinski definition) is 14. The zero-order chi connectivity index (χ0) is 96.9. The normalized spacial score (nSPS) is 14.4. The van der Waals surface area contributed by atoms with Gasteiger partial charge in [-0.3, -0.25) is 24.4 Å². The second kappa shape index (κ2) is 99.1. The summed E-state index contributed by atoms with van der Waals surface area (Å²) in [7, 11) is 0. The molecule has 9 N–H and O–H groups in total. The summed E-state index contributed by atoms with van der Waals surface area (Å²) < 4.78 is 0. The largest absolute Gasteiger partial charge is 0.480 e. The predicted molar refractivity (Wildman–Crippen MR) is 566 cm³/mol. The van der Waals surface area contributed by atoms with Crippen molar-refractivity contribution in [1.29, 1.82) is 0 Å². The van der Waals surface area contributed by atoms with Crippen LogP contribution >= 0.6 is 0 Å². The van der Waals surface area contributed by atoms with Gasteiger partial charge in [0.05, 0.1) is 42.7 Å². The Kier molecular flexibility index (Phi) is 97.6. The molecule has 0 saturated heterocycles. The van der Waals surface area contributed by atoms with Gasteiger partial charge in [-0.1, -0.05) is 480 Å². The number of amides is 2. The predicted octanol–water partition coefficient (Wildman–Crippen LogP) is 29.2. The maximum Gasteiger partial charge on any atom is 0.328 e. The quantitative estimate of drug-likeness (QED) is 0.0203. The summed E-state index contributed by atoms with van der Waals surface area (Å²) >= 11 is 0. The van der Waals surface area contributed by atoms with Crippen molar-refractivity contribution in [3.8, 4) is 0 Å². The van der Waals surface area contributed by atoms with Crippen molar-refractivity contribution in [2.24, 2.45) is 5.92 Å². The van der Waals surface area contributed by atoms with Crippen LogP contribution in [0.25, 0.3) is 0 Å². The zero-order valence-corrected chi connectivity index (χ0v) is 89.6. The number of aliphatic hydroxyl groups is 7. The van der Waals surface area contributed by atoms with Crippen molar-refractivity contribution in [1.82, 2.24) is 30.0 Å². The van der Waals surface area contributed by atoms with Gasteiger partial charge in [0.25, 0.3) is 5.91 Å². The van der Waals surface area contributed by atoms with Crippen molar-refractivity contribution < 1.29 is 55.2 Å². The molecule has 0 rings (SSSR count). The van der Waals surface area contributed by atoms with Crippen LogP contribution in [0.4, 0.5) is 0 Å². The first-order chi connectivity index (χ1) is 64.3. The number of carbonyl (C=O) groups excluding carboxylic acids is 2. The molecule has 0 saturated carbocycles. The second-order valence-corrected chi connectivity index (χ2v) is 42.4. The summed E-state index contributed by atoms with van der Waals surface area (Å²) in [6.45, 7) is 25.3. The van der Waals surface area contributed by atoms with E-state index in [9.17, 15) is 45.6 Å². The lowest BCUT2D eigenvalue weighted by Gasteiger charge is -2.42. The lowest BCUT2D eigenvalue weighted by Crippen LogP contribution is -2.62. The number of rotatable bonds is 109. The van der Waals surface area contributed by atoms with Crippen molar-refractivity contribution in [2.75, 3.05) is 72.0 Å². The minimum Gasteiger partial charge on any atom is -0.480 e. The number of hydrazine groups is 1. The number of carboxylic acid groups (broad SMARTS) is 1. The molecular formula is C115H232N6O11. The first kappa shape index (κ1) is 130. The van der Waals surface area contributed by atoms with Gasteiger partial charge in [-0.05, 0) is 128 Å². The Morgan fingerprint density at radius 2 is 0.424 bits per heavy atom. The van der Waals surface area contributed by atoms with Gasteiger partial charge >= 0.3 is 5.97 Å². The Hall–Kier alpha value is -2.03. The first-order valence-corrected chi connectivity index (χ1v) is 58.9. The van der Waals surface area contributed by atoms with E-state index < -0.39 is 66.7 Å². The molecule has 0 aliphatic rings. The number of carbonyl (C=O) groups is 3. The third-order valence-electron chi connectivity index (χ3n) is 28.6. The Morgan fingerprint density at radius 3 is 0.674 bits per heavy atom. The number of nitrogens with one attached hydrogen (secondary N) is 1. The van der Waals surface area contributed by atoms with E-state index in [0.717, 1.165) is 167 Å². The molecule has 0 radical (unpaired) electrons. The molecule has 0 spiro atoms. The minimum atomic E-state index is -1.40. The molecule has 0 aromatic rings. The van der Waals surface area contributed by atoms with Crippen LogP contribution in [0.15, 0.2) is 0 Å². The topological polar surface area (TPSA) is 241 Å². The average Bonchev–Trinajstić information content (AvgIpc) is 0.809. The van der Waals surface area contributed by atoms with E-state index in [1.54, 1.807) is 5.01 Å². The molecule has 132 heavy (non-hydrogen) atoms. The van der Waals surface area contributed by atoms with Gasteiger partial charge in [0.2, 0.25) is 5.91 Å². The van der Waals surface area contributed by atoms with Gasteiger partial charge in [0, 0.05) is 58.8 Å². The second-order valence-electron chi connectivity index (χ2n) is 42.4. The average molecular weight is 1880 g/mol. The molecule has 0 aromatic heterocycles. The molecule has 10 atom stereocenters. The zero-order valence-electron chi connectivity index (χ0n) is 89.6. The molecule has 10 unspecified atom stereocenters. The van der Waals surface area contributed by atoms with Crippen LogP contribution in [0.5, 0.6) is 0 Å². The van der Waals surface area contributed by atoms with Gasteiger partial charge in [-0.15, -0.1) is 0 Å². The number of nitrogens with zero attached hydrogens (tertiary/aromatic N) is 5. The number of unbranched alkanes of at least 4 members (excludes halogenated alkanes) is 60. The molecule has 0 aliphatic carbocycles. The third-order valence-corrected chi connectivity index (χ3v) is 28.6. The summed E-state index contributed by atoms with van der Waals surface area (Å²) in [4.78, 5) is 53.5. The number of carboxylic acids is 1. The first-order valence-electron chi connectivity index (χ1n) is 58.9. The Morgan fingerprint density at radius 1 is 0.227 bits per heavy atom. The number of aliphatic carboxylic acids is 1. The van der Waals surface area contributed by atoms with Crippen molar-refractivity contribution in [3.63, 3.8) is 0 Å². The highest BCUT2D eigenvalue weighted by atomic mass is 16.4. The van der Waals surface area contributed by atoms with E-state index in [0.29, 0.717) is 122 Å². The van der Waals surface area contributed by atoms with Gasteiger partial charge in [-0.25, -0.2) is 9.80 Å². The van der Waals surface area contributed by atoms with Crippen molar-refractivity contribution in [3.05, 3.63) is 0 Å². The summed E-state index contributed by atoms with van der Waals surface area (Å²) in [5, 5.41) is 102. The molecule has 2 amide bonds. The standard InChI is InChI=1S/C115H232N6O11/c1-10-18-26-34-42-50-58-67-81-103(9)95-117(96-104(122)82-68-59-51-43-35-27-19-11-2)93-80-77-90-112(115(131)132)121(120(101-109(127)87-73-64-56-48-40-32-24-16-7)102-110(128)88-74-65-57-49-41-33-25-17-8)114(130)111(89-76-79-94-119(99-107(125)85-71-62-54-46-38-30-22-14-5)100-108(126)86-72-63-55-47-39-31-23-15-6)116-113(129)91-75-66-78-92-118(97-105(123)83-69-60-52-44-36-28-20-12-3)98-106(124)84-70-61-53-45-37-29-21-13-4/h103-112,122-128H,10-102H2,1-9H3,(H,116,129)(H,131,132). The summed E-state index contributed by atoms with van der Waals surface area (Å²) in [6, 6.07) is -2.56. The summed E-state index contributed by atoms with van der Waals surface area (Å²) in [5.41, 5.74) is 0. The molecule has 0 aliphatic heterocycles. The van der Waals surface area contributed by atoms with E-state index >= 15 is 9.59 Å². The van der Waals surface area contributed by atoms with Crippen LogP contribution in [-0.2, 0) is 14.4 Å². The van der Waals surface area contributed by atoms with Gasteiger partial charge in [0.1, 0.15) is 12.1 Å². The highest BCUT2D eigenvalue weighted by molar-refractivity contribution is 5.90. The van der Waals surface area contributed by atoms with Crippen molar-refractivity contribution >= 4 is 17.8 Å². The van der Waals surface area contributed by atoms with Crippen LogP contribution in [0, 0.1) is 5.92 Å². The third kappa shape index (κ3) is 84.8. The maximum atomic E-state index is 16.7. The molecule has 17 heteroatoms. The van der Waals surface area contributed by atoms with Crippen molar-refractivity contribution in [2.45, 2.75) is 644 Å². The van der Waals surface area contributed by atoms with Crippen LogP contribution < -0.4 is 5.32 Å². The summed E-state index contributed by atoms with van der Waals surface area (Å²) in [5.74, 6) is -1.62. The highest BCUT2D eigenvalue weighted by Crippen LogP contribution is 2.27. The van der Waals surface area contributed by atoms with E-state index in [1.807, 2.05) is 0 Å². The van der Waals surface area contributed by atoms with Gasteiger partial charge < -0.3 is 51.1 Å². The smallest absolute Gasteiger partial charge is 0.328 e. The molecule has 0 heterocycles. The molecule has 0 fully saturated rings.